The van der Waals surface area contributed by atoms with E-state index in [0.717, 1.165) is 6.07 Å². The minimum absolute atomic E-state index is 0.0468. The van der Waals surface area contributed by atoms with Gasteiger partial charge < -0.3 is 9.84 Å². The van der Waals surface area contributed by atoms with Crippen molar-refractivity contribution in [1.29, 1.82) is 5.26 Å². The summed E-state index contributed by atoms with van der Waals surface area (Å²) in [7, 11) is 0. The highest BCUT2D eigenvalue weighted by Crippen LogP contribution is 2.29. The van der Waals surface area contributed by atoms with Gasteiger partial charge in [0.15, 0.2) is 6.10 Å². The van der Waals surface area contributed by atoms with E-state index in [0.29, 0.717) is 10.6 Å². The maximum Gasteiger partial charge on any atom is 0.345 e. The van der Waals surface area contributed by atoms with Crippen molar-refractivity contribution in [2.75, 3.05) is 0 Å². The van der Waals surface area contributed by atoms with Gasteiger partial charge in [-0.2, -0.15) is 5.26 Å². The number of ether oxygens (including phenoxy) is 1. The molecule has 0 aliphatic carbocycles. The molecule has 2 aromatic carbocycles. The van der Waals surface area contributed by atoms with Crippen LogP contribution in [-0.4, -0.2) is 17.2 Å². The fourth-order valence-electron chi connectivity index (χ4n) is 2.25. The average molecular weight is 386 g/mol. The molecule has 0 aliphatic heterocycles. The van der Waals surface area contributed by atoms with E-state index in [9.17, 15) is 14.3 Å². The number of aliphatic carboxylic acids is 1. The second-order valence-corrected chi connectivity index (χ2v) is 7.34. The smallest absolute Gasteiger partial charge is 0.345 e. The Morgan fingerprint density at radius 2 is 1.85 bits per heavy atom. The Labute approximate surface area is 162 Å². The molecule has 2 aromatic rings. The lowest BCUT2D eigenvalue weighted by atomic mass is 9.89. The third-order valence-electron chi connectivity index (χ3n) is 3.62. The topological polar surface area (TPSA) is 70.3 Å². The van der Waals surface area contributed by atoms with Gasteiger partial charge in [-0.25, -0.2) is 9.18 Å². The summed E-state index contributed by atoms with van der Waals surface area (Å²) in [6.45, 7) is 5.24. The zero-order valence-electron chi connectivity index (χ0n) is 15.0. The van der Waals surface area contributed by atoms with E-state index in [4.69, 9.17) is 21.6 Å². The van der Waals surface area contributed by atoms with Crippen molar-refractivity contribution < 1.29 is 19.0 Å². The molecule has 1 N–H and O–H groups in total. The molecule has 1 atom stereocenters. The van der Waals surface area contributed by atoms with Crippen molar-refractivity contribution in [2.24, 2.45) is 5.41 Å². The molecule has 0 bridgehead atoms. The highest BCUT2D eigenvalue weighted by Gasteiger charge is 2.33. The molecule has 0 saturated heterocycles. The summed E-state index contributed by atoms with van der Waals surface area (Å²) in [6.07, 6.45) is -1.11. The number of carboxylic acid groups (broad SMARTS) is 1. The van der Waals surface area contributed by atoms with Crippen LogP contribution in [0.15, 0.2) is 36.4 Å². The molecule has 0 spiro atoms. The molecular weight excluding hydrogens is 369 g/mol. The van der Waals surface area contributed by atoms with Crippen LogP contribution in [-0.2, 0) is 4.79 Å². The number of nitrogens with zero attached hydrogens (tertiary/aromatic N) is 1. The first-order valence-corrected chi connectivity index (χ1v) is 8.40. The van der Waals surface area contributed by atoms with E-state index in [1.165, 1.54) is 24.3 Å². The molecule has 0 amide bonds. The number of hydrogen-bond donors (Lipinski definition) is 1. The number of halogens is 2. The number of rotatable bonds is 3. The molecule has 0 fully saturated rings. The minimum atomic E-state index is -1.11. The normalized spacial score (nSPS) is 11.7. The molecule has 0 saturated carbocycles. The Bertz CT molecular complexity index is 978. The molecule has 4 nitrogen and oxygen atoms in total. The fraction of sp³-hybridized carbons (Fsp3) is 0.238. The lowest BCUT2D eigenvalue weighted by molar-refractivity contribution is -0.150. The van der Waals surface area contributed by atoms with Gasteiger partial charge in [0.05, 0.1) is 22.8 Å². The van der Waals surface area contributed by atoms with Crippen LogP contribution in [0.1, 0.15) is 37.5 Å². The maximum absolute atomic E-state index is 13.9. The molecule has 0 aromatic heterocycles. The Morgan fingerprint density at radius 3 is 2.44 bits per heavy atom. The van der Waals surface area contributed by atoms with Crippen molar-refractivity contribution in [3.8, 4) is 23.7 Å². The van der Waals surface area contributed by atoms with Crippen LogP contribution in [0.25, 0.3) is 0 Å². The number of hydrogen-bond acceptors (Lipinski definition) is 3. The van der Waals surface area contributed by atoms with Crippen LogP contribution in [0.5, 0.6) is 5.75 Å². The monoisotopic (exact) mass is 385 g/mol. The number of benzene rings is 2. The predicted molar refractivity (Wildman–Crippen MR) is 100 cm³/mol. The highest BCUT2D eigenvalue weighted by molar-refractivity contribution is 6.30. The van der Waals surface area contributed by atoms with E-state index >= 15 is 0 Å². The van der Waals surface area contributed by atoms with Crippen molar-refractivity contribution >= 4 is 17.6 Å². The van der Waals surface area contributed by atoms with Gasteiger partial charge >= 0.3 is 5.97 Å². The largest absolute Gasteiger partial charge is 0.478 e. The zero-order chi connectivity index (χ0) is 20.2. The summed E-state index contributed by atoms with van der Waals surface area (Å²) < 4.78 is 19.6. The Hall–Kier alpha value is -3.02. The van der Waals surface area contributed by atoms with Gasteiger partial charge in [-0.15, -0.1) is 0 Å². The predicted octanol–water partition coefficient (Wildman–Crippen LogP) is 4.63. The molecule has 27 heavy (non-hydrogen) atoms. The third kappa shape index (κ3) is 5.23. The summed E-state index contributed by atoms with van der Waals surface area (Å²) in [5.74, 6) is 3.96. The van der Waals surface area contributed by atoms with Crippen molar-refractivity contribution in [3.05, 3.63) is 63.9 Å². The van der Waals surface area contributed by atoms with Gasteiger partial charge in [0, 0.05) is 10.4 Å². The highest BCUT2D eigenvalue weighted by atomic mass is 35.5. The SMILES string of the molecule is CC(C)(C)C(Oc1ccc(Cl)cc1C#Cc1cc(C#N)ccc1F)C(=O)O. The van der Waals surface area contributed by atoms with E-state index in [1.54, 1.807) is 26.8 Å². The summed E-state index contributed by atoms with van der Waals surface area (Å²) >= 11 is 6.01. The Kier molecular flexibility index (Phi) is 6.10. The fourth-order valence-corrected chi connectivity index (χ4v) is 2.42. The molecule has 0 heterocycles. The van der Waals surface area contributed by atoms with Crippen molar-refractivity contribution in [3.63, 3.8) is 0 Å². The summed E-state index contributed by atoms with van der Waals surface area (Å²) in [5, 5.41) is 18.8. The lowest BCUT2D eigenvalue weighted by Gasteiger charge is -2.28. The molecule has 6 heteroatoms. The van der Waals surface area contributed by atoms with Gasteiger partial charge in [0.2, 0.25) is 0 Å². The molecular formula is C21H17ClFNO3. The van der Waals surface area contributed by atoms with Crippen LogP contribution in [0.4, 0.5) is 4.39 Å². The summed E-state index contributed by atoms with van der Waals surface area (Å²) in [6, 6.07) is 10.4. The van der Waals surface area contributed by atoms with Gasteiger partial charge in [-0.3, -0.25) is 0 Å². The number of carbonyl (C=O) groups is 1. The lowest BCUT2D eigenvalue weighted by Crippen LogP contribution is -2.39. The van der Waals surface area contributed by atoms with Gasteiger partial charge in [0.1, 0.15) is 11.6 Å². The van der Waals surface area contributed by atoms with Crippen LogP contribution >= 0.6 is 11.6 Å². The number of carboxylic acids is 1. The van der Waals surface area contributed by atoms with Crippen LogP contribution in [0.2, 0.25) is 5.02 Å². The van der Waals surface area contributed by atoms with Gasteiger partial charge in [-0.1, -0.05) is 44.2 Å². The first-order chi connectivity index (χ1) is 12.6. The first kappa shape index (κ1) is 20.3. The Morgan fingerprint density at radius 1 is 1.19 bits per heavy atom. The van der Waals surface area contributed by atoms with Crippen LogP contribution in [0, 0.1) is 34.4 Å². The second-order valence-electron chi connectivity index (χ2n) is 6.90. The van der Waals surface area contributed by atoms with Crippen LogP contribution < -0.4 is 4.74 Å². The van der Waals surface area contributed by atoms with E-state index in [-0.39, 0.29) is 16.9 Å². The van der Waals surface area contributed by atoms with Crippen LogP contribution in [0.3, 0.4) is 0 Å². The quantitative estimate of drug-likeness (QED) is 0.782. The van der Waals surface area contributed by atoms with E-state index < -0.39 is 23.3 Å². The van der Waals surface area contributed by atoms with E-state index in [2.05, 4.69) is 11.8 Å². The third-order valence-corrected chi connectivity index (χ3v) is 3.86. The average Bonchev–Trinajstić information content (AvgIpc) is 2.58. The summed E-state index contributed by atoms with van der Waals surface area (Å²) in [5.41, 5.74) is -0.0177. The molecule has 1 unspecified atom stereocenters. The van der Waals surface area contributed by atoms with E-state index in [1.807, 2.05) is 6.07 Å². The molecule has 0 radical (unpaired) electrons. The summed E-state index contributed by atoms with van der Waals surface area (Å²) in [4.78, 5) is 11.6. The molecule has 0 aliphatic rings. The molecule has 138 valence electrons. The van der Waals surface area contributed by atoms with Crippen molar-refractivity contribution in [2.45, 2.75) is 26.9 Å². The van der Waals surface area contributed by atoms with Gasteiger partial charge in [-0.05, 0) is 36.4 Å². The minimum Gasteiger partial charge on any atom is -0.478 e. The standard InChI is InChI=1S/C21H17ClFNO3/c1-21(2,3)19(20(25)26)27-18-9-7-16(22)11-15(18)6-5-14-10-13(12-24)4-8-17(14)23/h4,7-11,19H,1-3H3,(H,25,26). The first-order valence-electron chi connectivity index (χ1n) is 8.02. The maximum atomic E-state index is 13.9. The number of nitriles is 1. The Balaban J connectivity index is 2.47. The second kappa shape index (κ2) is 8.12. The zero-order valence-corrected chi connectivity index (χ0v) is 15.8. The van der Waals surface area contributed by atoms with Crippen molar-refractivity contribution in [1.82, 2.24) is 0 Å². The molecule has 2 rings (SSSR count). The van der Waals surface area contributed by atoms with Gasteiger partial charge in [0.25, 0.3) is 0 Å².